The number of hydrogen-bond acceptors (Lipinski definition) is 6. The minimum atomic E-state index is -0.716. The molecule has 0 aliphatic rings. The van der Waals surface area contributed by atoms with Crippen molar-refractivity contribution in [1.29, 1.82) is 0 Å². The van der Waals surface area contributed by atoms with Gasteiger partial charge in [-0.3, -0.25) is 24.0 Å². The molecule has 3 aromatic heterocycles. The maximum atomic E-state index is 13.8. The molecule has 4 aromatic rings. The van der Waals surface area contributed by atoms with E-state index in [9.17, 15) is 14.4 Å². The van der Waals surface area contributed by atoms with Crippen molar-refractivity contribution in [3.8, 4) is 0 Å². The number of nitrogens with zero attached hydrogens (tertiary/aromatic N) is 5. The van der Waals surface area contributed by atoms with Gasteiger partial charge in [0.05, 0.1) is 18.3 Å². The van der Waals surface area contributed by atoms with Crippen molar-refractivity contribution >= 4 is 28.4 Å². The molecule has 0 radical (unpaired) electrons. The molecule has 0 saturated heterocycles. The van der Waals surface area contributed by atoms with Gasteiger partial charge >= 0.3 is 5.69 Å². The van der Waals surface area contributed by atoms with E-state index in [1.807, 2.05) is 51.1 Å². The number of fused-ring (bicyclic) bond motifs is 1. The maximum absolute atomic E-state index is 13.8. The van der Waals surface area contributed by atoms with Gasteiger partial charge < -0.3 is 5.73 Å². The van der Waals surface area contributed by atoms with Gasteiger partial charge in [-0.05, 0) is 31.9 Å². The summed E-state index contributed by atoms with van der Waals surface area (Å²) in [4.78, 5) is 47.3. The van der Waals surface area contributed by atoms with Crippen molar-refractivity contribution in [2.75, 3.05) is 10.6 Å². The van der Waals surface area contributed by atoms with Gasteiger partial charge in [0, 0.05) is 24.2 Å². The van der Waals surface area contributed by atoms with Crippen molar-refractivity contribution in [3.63, 3.8) is 0 Å². The lowest BCUT2D eigenvalue weighted by molar-refractivity contribution is 0.0984. The van der Waals surface area contributed by atoms with Crippen LogP contribution in [0.1, 0.15) is 55.6 Å². The average molecular weight is 476 g/mol. The van der Waals surface area contributed by atoms with Crippen LogP contribution in [0.15, 0.2) is 58.4 Å². The van der Waals surface area contributed by atoms with Gasteiger partial charge in [0.15, 0.2) is 11.3 Å². The molecule has 1 aromatic carbocycles. The van der Waals surface area contributed by atoms with E-state index in [2.05, 4.69) is 15.1 Å². The second kappa shape index (κ2) is 9.96. The van der Waals surface area contributed by atoms with Crippen molar-refractivity contribution in [3.05, 3.63) is 80.8 Å². The summed E-state index contributed by atoms with van der Waals surface area (Å²) in [6.45, 7) is 6.40. The van der Waals surface area contributed by atoms with Crippen molar-refractivity contribution < 1.29 is 4.79 Å². The summed E-state index contributed by atoms with van der Waals surface area (Å²) in [6, 6.07) is 11.1. The Hall–Kier alpha value is -4.21. The van der Waals surface area contributed by atoms with Gasteiger partial charge in [0.1, 0.15) is 5.82 Å². The first-order valence-corrected chi connectivity index (χ1v) is 11.6. The Bertz CT molecular complexity index is 1470. The Balaban J connectivity index is 1.84. The van der Waals surface area contributed by atoms with Gasteiger partial charge in [0.25, 0.3) is 11.5 Å². The third-order valence-electron chi connectivity index (χ3n) is 5.82. The number of H-pyrrole nitrogens is 1. The molecule has 182 valence electrons. The molecule has 35 heavy (non-hydrogen) atoms. The highest BCUT2D eigenvalue weighted by Gasteiger charge is 2.26. The minimum absolute atomic E-state index is 0.0434. The Morgan fingerprint density at radius 2 is 1.91 bits per heavy atom. The molecule has 1 amide bonds. The van der Waals surface area contributed by atoms with Crippen molar-refractivity contribution in [2.45, 2.75) is 52.7 Å². The summed E-state index contributed by atoms with van der Waals surface area (Å²) < 4.78 is 3.08. The van der Waals surface area contributed by atoms with E-state index in [4.69, 9.17) is 5.73 Å². The molecule has 0 spiro atoms. The number of carbonyl (C=O) groups excluding carboxylic acids is 1. The first-order valence-electron chi connectivity index (χ1n) is 11.6. The number of nitrogens with two attached hydrogens (primary N) is 1. The molecular weight excluding hydrogens is 446 g/mol. The lowest BCUT2D eigenvalue weighted by Gasteiger charge is -2.25. The van der Waals surface area contributed by atoms with E-state index in [0.717, 1.165) is 12.0 Å². The molecule has 0 unspecified atom stereocenters. The molecular formula is C25H29N7O3. The summed E-state index contributed by atoms with van der Waals surface area (Å²) >= 11 is 0. The summed E-state index contributed by atoms with van der Waals surface area (Å²) in [5, 5.41) is 5.07. The number of amides is 1. The monoisotopic (exact) mass is 475 g/mol. The molecule has 10 nitrogen and oxygen atoms in total. The van der Waals surface area contributed by atoms with Crippen LogP contribution in [-0.2, 0) is 13.1 Å². The quantitative estimate of drug-likeness (QED) is 0.402. The lowest BCUT2D eigenvalue weighted by atomic mass is 10.1. The van der Waals surface area contributed by atoms with Gasteiger partial charge in [0.2, 0.25) is 0 Å². The standard InChI is InChI=1S/C25H29N7O3/c1-4-5-11-30-21(26)20(23(33)29-25(30)35)31(15-17-9-7-6-8-10-17)24(34)19-12-18-14-28-32(16(2)3)22(18)27-13-19/h6-10,12-14,16H,4-5,11,15,26H2,1-3H3,(H,29,33,35). The first-order chi connectivity index (χ1) is 16.8. The molecule has 10 heteroatoms. The summed E-state index contributed by atoms with van der Waals surface area (Å²) in [5.74, 6) is -0.503. The maximum Gasteiger partial charge on any atom is 0.330 e. The van der Waals surface area contributed by atoms with E-state index >= 15 is 0 Å². The zero-order chi connectivity index (χ0) is 25.1. The Morgan fingerprint density at radius 1 is 1.17 bits per heavy atom. The zero-order valence-corrected chi connectivity index (χ0v) is 20.1. The number of benzene rings is 1. The molecule has 3 N–H and O–H groups in total. The molecule has 0 bridgehead atoms. The van der Waals surface area contributed by atoms with E-state index in [-0.39, 0.29) is 29.7 Å². The van der Waals surface area contributed by atoms with E-state index in [1.165, 1.54) is 15.7 Å². The number of rotatable bonds is 8. The highest BCUT2D eigenvalue weighted by atomic mass is 16.2. The number of anilines is 2. The number of hydrogen-bond donors (Lipinski definition) is 2. The fraction of sp³-hybridized carbons (Fsp3) is 0.320. The zero-order valence-electron chi connectivity index (χ0n) is 20.1. The molecule has 0 aliphatic heterocycles. The number of nitrogen functional groups attached to an aromatic ring is 1. The molecule has 0 aliphatic carbocycles. The lowest BCUT2D eigenvalue weighted by Crippen LogP contribution is -2.41. The first kappa shape index (κ1) is 23.9. The fourth-order valence-electron chi connectivity index (χ4n) is 3.99. The number of pyridine rings is 1. The van der Waals surface area contributed by atoms with Crippen LogP contribution in [0.3, 0.4) is 0 Å². The Morgan fingerprint density at radius 3 is 2.60 bits per heavy atom. The van der Waals surface area contributed by atoms with Crippen LogP contribution in [0.2, 0.25) is 0 Å². The SMILES string of the molecule is CCCCn1c(N)c(N(Cc2ccccc2)C(=O)c2cnc3c(cnn3C(C)C)c2)c(=O)[nH]c1=O. The third kappa shape index (κ3) is 4.72. The molecule has 0 atom stereocenters. The van der Waals surface area contributed by atoms with Crippen LogP contribution in [0, 0.1) is 0 Å². The smallest absolute Gasteiger partial charge is 0.330 e. The highest BCUT2D eigenvalue weighted by molar-refractivity contribution is 6.08. The summed E-state index contributed by atoms with van der Waals surface area (Å²) in [7, 11) is 0. The Labute approximate surface area is 202 Å². The van der Waals surface area contributed by atoms with Gasteiger partial charge in [-0.1, -0.05) is 43.7 Å². The highest BCUT2D eigenvalue weighted by Crippen LogP contribution is 2.24. The van der Waals surface area contributed by atoms with E-state index in [1.54, 1.807) is 16.9 Å². The second-order valence-electron chi connectivity index (χ2n) is 8.69. The van der Waals surface area contributed by atoms with Gasteiger partial charge in [-0.25, -0.2) is 14.5 Å². The van der Waals surface area contributed by atoms with Crippen molar-refractivity contribution in [1.82, 2.24) is 24.3 Å². The average Bonchev–Trinajstić information content (AvgIpc) is 3.27. The van der Waals surface area contributed by atoms with Crippen LogP contribution in [-0.4, -0.2) is 30.2 Å². The summed E-state index contributed by atoms with van der Waals surface area (Å²) in [5.41, 5.74) is 6.71. The van der Waals surface area contributed by atoms with Crippen molar-refractivity contribution in [2.24, 2.45) is 0 Å². The fourth-order valence-corrected chi connectivity index (χ4v) is 3.99. The largest absolute Gasteiger partial charge is 0.383 e. The van der Waals surface area contributed by atoms with Crippen LogP contribution in [0.25, 0.3) is 11.0 Å². The van der Waals surface area contributed by atoms with Crippen LogP contribution >= 0.6 is 0 Å². The van der Waals surface area contributed by atoms with Crippen LogP contribution < -0.4 is 21.9 Å². The Kier molecular flexibility index (Phi) is 6.81. The number of aromatic nitrogens is 5. The van der Waals surface area contributed by atoms with Crippen LogP contribution in [0.5, 0.6) is 0 Å². The molecule has 0 saturated carbocycles. The van der Waals surface area contributed by atoms with Gasteiger partial charge in [-0.2, -0.15) is 5.10 Å². The number of carbonyl (C=O) groups is 1. The molecule has 4 rings (SSSR count). The van der Waals surface area contributed by atoms with Gasteiger partial charge in [-0.15, -0.1) is 0 Å². The third-order valence-corrected chi connectivity index (χ3v) is 5.82. The summed E-state index contributed by atoms with van der Waals surface area (Å²) in [6.07, 6.45) is 4.67. The minimum Gasteiger partial charge on any atom is -0.383 e. The predicted molar refractivity (Wildman–Crippen MR) is 136 cm³/mol. The van der Waals surface area contributed by atoms with E-state index < -0.39 is 17.2 Å². The number of aromatic amines is 1. The predicted octanol–water partition coefficient (Wildman–Crippen LogP) is 3.09. The second-order valence-corrected chi connectivity index (χ2v) is 8.69. The molecule has 3 heterocycles. The molecule has 0 fully saturated rings. The van der Waals surface area contributed by atoms with E-state index in [0.29, 0.717) is 24.0 Å². The normalized spacial score (nSPS) is 11.3. The topological polar surface area (TPSA) is 132 Å². The van der Waals surface area contributed by atoms with Crippen LogP contribution in [0.4, 0.5) is 11.5 Å². The number of unbranched alkanes of at least 4 members (excludes halogenated alkanes) is 1. The number of nitrogens with one attached hydrogen (secondary N) is 1.